The number of amides is 2. The van der Waals surface area contributed by atoms with Crippen molar-refractivity contribution in [3.63, 3.8) is 0 Å². The number of imidazole rings is 1. The van der Waals surface area contributed by atoms with E-state index < -0.39 is 0 Å². The van der Waals surface area contributed by atoms with Crippen LogP contribution >= 0.6 is 0 Å². The number of hydrogen-bond donors (Lipinski definition) is 3. The van der Waals surface area contributed by atoms with Crippen molar-refractivity contribution in [1.29, 1.82) is 0 Å². The van der Waals surface area contributed by atoms with Crippen LogP contribution in [0.15, 0.2) is 55.0 Å². The number of H-pyrrole nitrogens is 1. The number of fused-ring (bicyclic) bond motifs is 1. The smallest absolute Gasteiger partial charge is 0.323 e. The van der Waals surface area contributed by atoms with Gasteiger partial charge in [0.1, 0.15) is 18.1 Å². The number of aromatic amines is 1. The summed E-state index contributed by atoms with van der Waals surface area (Å²) in [6.07, 6.45) is 3.47. The predicted molar refractivity (Wildman–Crippen MR) is 107 cm³/mol. The molecule has 0 fully saturated rings. The highest BCUT2D eigenvalue weighted by molar-refractivity contribution is 6.00. The summed E-state index contributed by atoms with van der Waals surface area (Å²) in [5.41, 5.74) is 3.32. The Balaban J connectivity index is 1.45. The van der Waals surface area contributed by atoms with Crippen LogP contribution in [0.2, 0.25) is 0 Å². The number of ether oxygens (including phenoxy) is 2. The Hall–Kier alpha value is -3.68. The minimum absolute atomic E-state index is 0.318. The molecule has 0 saturated heterocycles. The molecular weight excluding hydrogens is 358 g/mol. The minimum Gasteiger partial charge on any atom is -0.497 e. The van der Waals surface area contributed by atoms with Gasteiger partial charge in [0.25, 0.3) is 0 Å². The fourth-order valence-electron chi connectivity index (χ4n) is 3.06. The Morgan fingerprint density at radius 1 is 1.21 bits per heavy atom. The summed E-state index contributed by atoms with van der Waals surface area (Å²) in [6, 6.07) is 12.4. The monoisotopic (exact) mass is 379 g/mol. The average Bonchev–Trinajstić information content (AvgIpc) is 3.22. The number of methoxy groups -OCH3 is 1. The van der Waals surface area contributed by atoms with Gasteiger partial charge in [-0.2, -0.15) is 0 Å². The molecule has 0 unspecified atom stereocenters. The average molecular weight is 379 g/mol. The summed E-state index contributed by atoms with van der Waals surface area (Å²) in [5, 5.41) is 5.67. The van der Waals surface area contributed by atoms with Crippen molar-refractivity contribution in [2.45, 2.75) is 6.54 Å². The van der Waals surface area contributed by atoms with Crippen molar-refractivity contribution in [3.8, 4) is 11.5 Å². The van der Waals surface area contributed by atoms with Crippen LogP contribution in [0.1, 0.15) is 5.69 Å². The molecule has 0 spiro atoms. The molecule has 3 N–H and O–H groups in total. The Morgan fingerprint density at radius 2 is 2.00 bits per heavy atom. The van der Waals surface area contributed by atoms with Gasteiger partial charge in [0.2, 0.25) is 0 Å². The molecule has 144 valence electrons. The van der Waals surface area contributed by atoms with E-state index in [-0.39, 0.29) is 6.03 Å². The van der Waals surface area contributed by atoms with Gasteiger partial charge in [-0.15, -0.1) is 0 Å². The molecule has 1 aromatic heterocycles. The van der Waals surface area contributed by atoms with Gasteiger partial charge in [-0.3, -0.25) is 0 Å². The molecule has 0 radical (unpaired) electrons. The lowest BCUT2D eigenvalue weighted by atomic mass is 10.2. The quantitative estimate of drug-likeness (QED) is 0.631. The molecule has 2 aromatic carbocycles. The lowest BCUT2D eigenvalue weighted by Crippen LogP contribution is -2.32. The second kappa shape index (κ2) is 7.91. The van der Waals surface area contributed by atoms with E-state index in [0.717, 1.165) is 29.4 Å². The predicted octanol–water partition coefficient (Wildman–Crippen LogP) is 3.46. The van der Waals surface area contributed by atoms with Crippen LogP contribution in [0.25, 0.3) is 0 Å². The molecule has 0 saturated carbocycles. The lowest BCUT2D eigenvalue weighted by molar-refractivity contribution is 0.262. The lowest BCUT2D eigenvalue weighted by Gasteiger charge is -2.31. The SMILES string of the molecule is COc1ccc(NC(=O)Nc2ccc3c(c2)N(Cc2cnc[nH]2)CCO3)cc1. The molecule has 1 aliphatic rings. The first-order chi connectivity index (χ1) is 13.7. The van der Waals surface area contributed by atoms with Gasteiger partial charge in [0.15, 0.2) is 0 Å². The molecule has 3 aromatic rings. The standard InChI is InChI=1S/C20H21N5O3/c1-27-17-5-2-14(3-6-17)23-20(26)24-15-4-7-19-18(10-15)25(8-9-28-19)12-16-11-21-13-22-16/h2-7,10-11,13H,8-9,12H2,1H3,(H,21,22)(H2,23,24,26). The van der Waals surface area contributed by atoms with E-state index in [1.54, 1.807) is 43.9 Å². The number of rotatable bonds is 5. The van der Waals surface area contributed by atoms with Crippen LogP contribution in [0.3, 0.4) is 0 Å². The van der Waals surface area contributed by atoms with E-state index in [2.05, 4.69) is 25.5 Å². The van der Waals surface area contributed by atoms with Gasteiger partial charge in [-0.25, -0.2) is 9.78 Å². The molecular formula is C20H21N5O3. The third-order valence-corrected chi connectivity index (χ3v) is 4.44. The Morgan fingerprint density at radius 3 is 2.75 bits per heavy atom. The molecule has 28 heavy (non-hydrogen) atoms. The third kappa shape index (κ3) is 4.01. The molecule has 2 heterocycles. The van der Waals surface area contributed by atoms with Gasteiger partial charge >= 0.3 is 6.03 Å². The van der Waals surface area contributed by atoms with Gasteiger partial charge in [-0.1, -0.05) is 0 Å². The van der Waals surface area contributed by atoms with E-state index >= 15 is 0 Å². The van der Waals surface area contributed by atoms with Crippen LogP contribution in [-0.2, 0) is 6.54 Å². The van der Waals surface area contributed by atoms with Crippen LogP contribution in [-0.4, -0.2) is 36.3 Å². The Kier molecular flexibility index (Phi) is 5.01. The zero-order chi connectivity index (χ0) is 19.3. The van der Waals surface area contributed by atoms with Crippen molar-refractivity contribution < 1.29 is 14.3 Å². The second-order valence-electron chi connectivity index (χ2n) is 6.34. The first-order valence-corrected chi connectivity index (χ1v) is 8.92. The summed E-state index contributed by atoms with van der Waals surface area (Å²) in [4.78, 5) is 21.7. The van der Waals surface area contributed by atoms with E-state index in [4.69, 9.17) is 9.47 Å². The van der Waals surface area contributed by atoms with Crippen molar-refractivity contribution in [2.75, 3.05) is 35.8 Å². The molecule has 0 aliphatic carbocycles. The normalized spacial score (nSPS) is 12.7. The fourth-order valence-corrected chi connectivity index (χ4v) is 3.06. The first kappa shape index (κ1) is 17.7. The highest BCUT2D eigenvalue weighted by atomic mass is 16.5. The fraction of sp³-hybridized carbons (Fsp3) is 0.200. The maximum absolute atomic E-state index is 12.3. The summed E-state index contributed by atoms with van der Waals surface area (Å²) in [5.74, 6) is 1.53. The van der Waals surface area contributed by atoms with Crippen LogP contribution in [0, 0.1) is 0 Å². The number of nitrogens with one attached hydrogen (secondary N) is 3. The number of anilines is 3. The Labute approximate surface area is 162 Å². The summed E-state index contributed by atoms with van der Waals surface area (Å²) in [6.45, 7) is 2.07. The molecule has 8 heteroatoms. The van der Waals surface area contributed by atoms with E-state index in [1.807, 2.05) is 18.2 Å². The zero-order valence-electron chi connectivity index (χ0n) is 15.4. The third-order valence-electron chi connectivity index (χ3n) is 4.44. The number of nitrogens with zero attached hydrogens (tertiary/aromatic N) is 2. The minimum atomic E-state index is -0.318. The van der Waals surface area contributed by atoms with Crippen molar-refractivity contribution >= 4 is 23.1 Å². The summed E-state index contributed by atoms with van der Waals surface area (Å²) in [7, 11) is 1.60. The topological polar surface area (TPSA) is 91.5 Å². The second-order valence-corrected chi connectivity index (χ2v) is 6.34. The maximum atomic E-state index is 12.3. The van der Waals surface area contributed by atoms with E-state index in [1.165, 1.54) is 0 Å². The van der Waals surface area contributed by atoms with Gasteiger partial charge in [0.05, 0.1) is 37.9 Å². The van der Waals surface area contributed by atoms with Crippen LogP contribution in [0.5, 0.6) is 11.5 Å². The van der Waals surface area contributed by atoms with Crippen LogP contribution in [0.4, 0.5) is 21.9 Å². The Bertz CT molecular complexity index is 941. The highest BCUT2D eigenvalue weighted by Crippen LogP contribution is 2.35. The van der Waals surface area contributed by atoms with Crippen molar-refractivity contribution in [1.82, 2.24) is 9.97 Å². The van der Waals surface area contributed by atoms with E-state index in [0.29, 0.717) is 24.5 Å². The van der Waals surface area contributed by atoms with Crippen molar-refractivity contribution in [3.05, 3.63) is 60.7 Å². The first-order valence-electron chi connectivity index (χ1n) is 8.92. The van der Waals surface area contributed by atoms with Gasteiger partial charge in [-0.05, 0) is 42.5 Å². The van der Waals surface area contributed by atoms with Gasteiger partial charge in [0, 0.05) is 17.6 Å². The molecule has 4 rings (SSSR count). The molecule has 8 nitrogen and oxygen atoms in total. The highest BCUT2D eigenvalue weighted by Gasteiger charge is 2.19. The number of benzene rings is 2. The molecule has 0 atom stereocenters. The van der Waals surface area contributed by atoms with Crippen LogP contribution < -0.4 is 25.0 Å². The largest absolute Gasteiger partial charge is 0.497 e. The molecule has 2 amide bonds. The molecule has 0 bridgehead atoms. The molecule has 1 aliphatic heterocycles. The van der Waals surface area contributed by atoms with Gasteiger partial charge < -0.3 is 30.0 Å². The summed E-state index contributed by atoms with van der Waals surface area (Å²) >= 11 is 0. The number of aromatic nitrogens is 2. The summed E-state index contributed by atoms with van der Waals surface area (Å²) < 4.78 is 10.9. The number of carbonyl (C=O) groups is 1. The van der Waals surface area contributed by atoms with E-state index in [9.17, 15) is 4.79 Å². The number of carbonyl (C=O) groups excluding carboxylic acids is 1. The zero-order valence-corrected chi connectivity index (χ0v) is 15.4. The number of urea groups is 1. The van der Waals surface area contributed by atoms with Crippen molar-refractivity contribution in [2.24, 2.45) is 0 Å². The maximum Gasteiger partial charge on any atom is 0.323 e. The number of hydrogen-bond acceptors (Lipinski definition) is 5.